The minimum Gasteiger partial charge on any atom is -0.310 e. The first-order valence-corrected chi connectivity index (χ1v) is 28.5. The van der Waals surface area contributed by atoms with Crippen molar-refractivity contribution in [2.75, 3.05) is 9.80 Å². The Morgan fingerprint density at radius 1 is 0.291 bits per heavy atom. The molecular formula is C76H61N3. The molecule has 0 atom stereocenters. The molecule has 380 valence electrons. The van der Waals surface area contributed by atoms with Gasteiger partial charge in [-0.25, -0.2) is 0 Å². The van der Waals surface area contributed by atoms with Gasteiger partial charge in [-0.05, 0) is 209 Å². The summed E-state index contributed by atoms with van der Waals surface area (Å²) in [5.74, 6) is 4.07. The van der Waals surface area contributed by atoms with E-state index in [-0.39, 0.29) is 0 Å². The Balaban J connectivity index is 0.838. The van der Waals surface area contributed by atoms with E-state index in [0.717, 1.165) is 52.0 Å². The number of rotatable bonds is 12. The second kappa shape index (κ2) is 20.0. The minimum atomic E-state index is 0.618. The standard InChI is InChI=1S/C76H61N3/c1-6-20-54(21-7-1)69-51-72(57-36-40-64(41-37-57)78(61-26-12-4-13-27-61)74-33-19-17-31-68(74)76-58-45-52-44-53(47-58)48-59(76)46-52)70(55-22-8-2-9-23-55)50-71(69)56-34-38-63(39-35-56)77(60-24-10-3-11-25-60)65-42-43-67-66-30-16-18-32-73(66)79(75(67)49-65)62-28-14-5-15-29-62/h1-43,49-53,58-59,76H,44-48H2. The lowest BCUT2D eigenvalue weighted by atomic mass is 9.50. The van der Waals surface area contributed by atoms with Crippen molar-refractivity contribution in [3.63, 3.8) is 0 Å². The van der Waals surface area contributed by atoms with Crippen LogP contribution >= 0.6 is 0 Å². The normalized spacial score (nSPS) is 18.3. The molecule has 0 radical (unpaired) electrons. The summed E-state index contributed by atoms with van der Waals surface area (Å²) in [5, 5.41) is 2.48. The summed E-state index contributed by atoms with van der Waals surface area (Å²) in [4.78, 5) is 4.92. The number of anilines is 6. The fourth-order valence-electron chi connectivity index (χ4n) is 14.8. The van der Waals surface area contributed by atoms with Crippen molar-refractivity contribution in [3.8, 4) is 50.2 Å². The number of aromatic nitrogens is 1. The first-order valence-electron chi connectivity index (χ1n) is 28.5. The highest BCUT2D eigenvalue weighted by Crippen LogP contribution is 2.61. The monoisotopic (exact) mass is 1020 g/mol. The molecule has 4 aliphatic carbocycles. The summed E-state index contributed by atoms with van der Waals surface area (Å²) >= 11 is 0. The van der Waals surface area contributed by atoms with Crippen LogP contribution in [0.15, 0.2) is 279 Å². The zero-order chi connectivity index (χ0) is 52.2. The molecular weight excluding hydrogens is 955 g/mol. The van der Waals surface area contributed by atoms with Crippen LogP contribution in [0.5, 0.6) is 0 Å². The second-order valence-electron chi connectivity index (χ2n) is 22.5. The van der Waals surface area contributed by atoms with Crippen molar-refractivity contribution in [2.24, 2.45) is 23.7 Å². The van der Waals surface area contributed by atoms with Crippen molar-refractivity contribution in [1.29, 1.82) is 0 Å². The maximum absolute atomic E-state index is 2.53. The maximum atomic E-state index is 2.53. The van der Waals surface area contributed by atoms with Gasteiger partial charge in [0, 0.05) is 50.6 Å². The molecule has 1 aromatic heterocycles. The summed E-state index contributed by atoms with van der Waals surface area (Å²) in [6.45, 7) is 0. The molecule has 79 heavy (non-hydrogen) atoms. The molecule has 4 fully saturated rings. The van der Waals surface area contributed by atoms with Crippen LogP contribution in [0.3, 0.4) is 0 Å². The zero-order valence-electron chi connectivity index (χ0n) is 44.3. The average Bonchev–Trinajstić information content (AvgIpc) is 3.98. The Bertz CT molecular complexity index is 4080. The van der Waals surface area contributed by atoms with Gasteiger partial charge < -0.3 is 14.4 Å². The summed E-state index contributed by atoms with van der Waals surface area (Å²) in [7, 11) is 0. The third kappa shape index (κ3) is 8.53. The molecule has 0 unspecified atom stereocenters. The predicted octanol–water partition coefficient (Wildman–Crippen LogP) is 20.9. The smallest absolute Gasteiger partial charge is 0.0561 e. The van der Waals surface area contributed by atoms with Gasteiger partial charge in [-0.15, -0.1) is 0 Å². The van der Waals surface area contributed by atoms with E-state index in [0.29, 0.717) is 5.92 Å². The predicted molar refractivity (Wildman–Crippen MR) is 332 cm³/mol. The highest BCUT2D eigenvalue weighted by molar-refractivity contribution is 6.10. The van der Waals surface area contributed by atoms with Crippen LogP contribution in [-0.4, -0.2) is 4.57 Å². The van der Waals surface area contributed by atoms with E-state index in [4.69, 9.17) is 0 Å². The topological polar surface area (TPSA) is 11.4 Å². The van der Waals surface area contributed by atoms with E-state index >= 15 is 0 Å². The van der Waals surface area contributed by atoms with Crippen LogP contribution in [0, 0.1) is 23.7 Å². The SMILES string of the molecule is c1ccc(-c2cc(-c3ccc(N(c4ccccc4)c4ccccc4C4C5CC6CC(C5)CC4C6)cc3)c(-c3ccccc3)cc2-c2ccc(N(c3ccccc3)c3ccc4c5ccccc5n(-c5ccccc5)c4c3)cc2)cc1. The number of para-hydroxylation sites is 5. The fourth-order valence-corrected chi connectivity index (χ4v) is 14.8. The van der Waals surface area contributed by atoms with Gasteiger partial charge >= 0.3 is 0 Å². The van der Waals surface area contributed by atoms with Crippen molar-refractivity contribution >= 4 is 55.9 Å². The Kier molecular flexibility index (Phi) is 11.9. The van der Waals surface area contributed by atoms with Crippen LogP contribution in [0.2, 0.25) is 0 Å². The first kappa shape index (κ1) is 47.1. The Morgan fingerprint density at radius 2 is 0.696 bits per heavy atom. The van der Waals surface area contributed by atoms with Crippen LogP contribution in [0.4, 0.5) is 34.1 Å². The third-order valence-corrected chi connectivity index (χ3v) is 17.9. The molecule has 16 rings (SSSR count). The summed E-state index contributed by atoms with van der Waals surface area (Å²) in [5.41, 5.74) is 21.5. The molecule has 4 aliphatic rings. The Morgan fingerprint density at radius 3 is 1.25 bits per heavy atom. The van der Waals surface area contributed by atoms with E-state index in [1.807, 2.05) is 0 Å². The van der Waals surface area contributed by atoms with Gasteiger partial charge in [-0.1, -0.05) is 182 Å². The Labute approximate surface area is 464 Å². The number of hydrogen-bond acceptors (Lipinski definition) is 2. The molecule has 0 aliphatic heterocycles. The molecule has 0 saturated heterocycles. The van der Waals surface area contributed by atoms with Crippen molar-refractivity contribution in [1.82, 2.24) is 4.57 Å². The van der Waals surface area contributed by atoms with Gasteiger partial charge in [0.05, 0.1) is 11.0 Å². The van der Waals surface area contributed by atoms with E-state index < -0.39 is 0 Å². The maximum Gasteiger partial charge on any atom is 0.0561 e. The lowest BCUT2D eigenvalue weighted by Gasteiger charge is -2.55. The van der Waals surface area contributed by atoms with Gasteiger partial charge in [0.25, 0.3) is 0 Å². The summed E-state index contributed by atoms with van der Waals surface area (Å²) in [6.07, 6.45) is 7.07. The van der Waals surface area contributed by atoms with Gasteiger partial charge in [-0.3, -0.25) is 0 Å². The molecule has 3 nitrogen and oxygen atoms in total. The zero-order valence-corrected chi connectivity index (χ0v) is 44.3. The molecule has 0 spiro atoms. The summed E-state index contributed by atoms with van der Waals surface area (Å²) in [6, 6.07) is 103. The quantitative estimate of drug-likeness (QED) is 0.121. The van der Waals surface area contributed by atoms with Crippen LogP contribution in [0.25, 0.3) is 72.0 Å². The van der Waals surface area contributed by atoms with Gasteiger partial charge in [0.15, 0.2) is 0 Å². The van der Waals surface area contributed by atoms with E-state index in [1.54, 1.807) is 0 Å². The fraction of sp³-hybridized carbons (Fsp3) is 0.132. The first-order chi connectivity index (χ1) is 39.2. The molecule has 0 amide bonds. The van der Waals surface area contributed by atoms with Crippen LogP contribution in [0.1, 0.15) is 43.6 Å². The van der Waals surface area contributed by atoms with E-state index in [1.165, 1.54) is 115 Å². The van der Waals surface area contributed by atoms with Crippen molar-refractivity contribution < 1.29 is 0 Å². The summed E-state index contributed by atoms with van der Waals surface area (Å²) < 4.78 is 2.40. The van der Waals surface area contributed by atoms with E-state index in [9.17, 15) is 0 Å². The van der Waals surface area contributed by atoms with Crippen LogP contribution < -0.4 is 9.80 Å². The number of benzene rings is 11. The molecule has 4 saturated carbocycles. The van der Waals surface area contributed by atoms with E-state index in [2.05, 4.69) is 293 Å². The van der Waals surface area contributed by atoms with Gasteiger partial charge in [-0.2, -0.15) is 0 Å². The van der Waals surface area contributed by atoms with Gasteiger partial charge in [0.1, 0.15) is 0 Å². The molecule has 4 bridgehead atoms. The molecule has 0 N–H and O–H groups in total. The number of fused-ring (bicyclic) bond motifs is 3. The number of hydrogen-bond donors (Lipinski definition) is 0. The number of nitrogens with zero attached hydrogens (tertiary/aromatic N) is 3. The van der Waals surface area contributed by atoms with Crippen molar-refractivity contribution in [3.05, 3.63) is 285 Å². The highest BCUT2D eigenvalue weighted by atomic mass is 15.2. The molecule has 1 heterocycles. The lowest BCUT2D eigenvalue weighted by Crippen LogP contribution is -2.44. The minimum absolute atomic E-state index is 0.618. The molecule has 11 aromatic carbocycles. The largest absolute Gasteiger partial charge is 0.310 e. The average molecular weight is 1020 g/mol. The molecule has 3 heteroatoms. The van der Waals surface area contributed by atoms with Crippen LogP contribution in [-0.2, 0) is 0 Å². The second-order valence-corrected chi connectivity index (χ2v) is 22.5. The van der Waals surface area contributed by atoms with Gasteiger partial charge in [0.2, 0.25) is 0 Å². The highest BCUT2D eigenvalue weighted by Gasteiger charge is 2.49. The Hall–Kier alpha value is -9.18. The lowest BCUT2D eigenvalue weighted by molar-refractivity contribution is -0.00259. The third-order valence-electron chi connectivity index (χ3n) is 17.9. The van der Waals surface area contributed by atoms with Crippen molar-refractivity contribution in [2.45, 2.75) is 38.0 Å². The molecule has 12 aromatic rings.